The highest BCUT2D eigenvalue weighted by atomic mass is 19.1. The lowest BCUT2D eigenvalue weighted by Crippen LogP contribution is -2.51. The maximum absolute atomic E-state index is 13.0. The van der Waals surface area contributed by atoms with Crippen LogP contribution in [-0.4, -0.2) is 46.2 Å². The number of halogens is 1. The third-order valence-corrected chi connectivity index (χ3v) is 3.99. The molecular weight excluding hydrogens is 303 g/mol. The maximum Gasteiger partial charge on any atom is 0.405 e. The highest BCUT2D eigenvalue weighted by molar-refractivity contribution is 5.86. The molecule has 0 saturated carbocycles. The Kier molecular flexibility index (Phi) is 5.92. The second kappa shape index (κ2) is 7.92. The largest absolute Gasteiger partial charge is 0.465 e. The number of amides is 2. The molecule has 2 rings (SSSR count). The van der Waals surface area contributed by atoms with E-state index in [0.717, 1.165) is 37.8 Å². The lowest BCUT2D eigenvalue weighted by atomic mass is 10.0. The van der Waals surface area contributed by atoms with Crippen LogP contribution in [0.2, 0.25) is 0 Å². The number of carboxylic acid groups (broad SMARTS) is 1. The summed E-state index contributed by atoms with van der Waals surface area (Å²) in [5, 5.41) is 21.5. The third kappa shape index (κ3) is 4.66. The average Bonchev–Trinajstić information content (AvgIpc) is 2.81. The molecular formula is C16H21FN2O4. The molecule has 23 heavy (non-hydrogen) atoms. The molecule has 0 spiro atoms. The fourth-order valence-corrected chi connectivity index (χ4v) is 2.75. The van der Waals surface area contributed by atoms with Crippen molar-refractivity contribution in [1.29, 1.82) is 0 Å². The Labute approximate surface area is 133 Å². The summed E-state index contributed by atoms with van der Waals surface area (Å²) in [4.78, 5) is 25.2. The zero-order valence-corrected chi connectivity index (χ0v) is 12.7. The van der Waals surface area contributed by atoms with Gasteiger partial charge in [-0.1, -0.05) is 25.0 Å². The van der Waals surface area contributed by atoms with Crippen molar-refractivity contribution in [2.75, 3.05) is 13.1 Å². The van der Waals surface area contributed by atoms with Gasteiger partial charge in [-0.2, -0.15) is 0 Å². The number of aliphatic hydroxyl groups excluding tert-OH is 1. The fraction of sp³-hybridized carbons (Fsp3) is 0.500. The van der Waals surface area contributed by atoms with E-state index in [0.29, 0.717) is 13.1 Å². The summed E-state index contributed by atoms with van der Waals surface area (Å²) in [6.07, 6.45) is 1.01. The van der Waals surface area contributed by atoms with Crippen LogP contribution in [0.15, 0.2) is 24.3 Å². The van der Waals surface area contributed by atoms with Gasteiger partial charge in [0.2, 0.25) is 5.91 Å². The van der Waals surface area contributed by atoms with Crippen LogP contribution in [0.1, 0.15) is 37.4 Å². The van der Waals surface area contributed by atoms with E-state index < -0.39 is 30.0 Å². The number of hydrogen-bond acceptors (Lipinski definition) is 3. The van der Waals surface area contributed by atoms with Crippen molar-refractivity contribution in [2.45, 2.75) is 37.8 Å². The van der Waals surface area contributed by atoms with Gasteiger partial charge < -0.3 is 20.4 Å². The SMILES string of the molecule is O=C(O)NC(C(=O)N1CCCCCC1)C(O)c1ccc(F)cc1. The minimum Gasteiger partial charge on any atom is -0.465 e. The topological polar surface area (TPSA) is 89.9 Å². The van der Waals surface area contributed by atoms with Crippen LogP contribution in [0.5, 0.6) is 0 Å². The molecule has 2 unspecified atom stereocenters. The van der Waals surface area contributed by atoms with Crippen LogP contribution in [0, 0.1) is 5.82 Å². The van der Waals surface area contributed by atoms with Crippen LogP contribution >= 0.6 is 0 Å². The number of rotatable bonds is 4. The van der Waals surface area contributed by atoms with E-state index in [1.807, 2.05) is 0 Å². The summed E-state index contributed by atoms with van der Waals surface area (Å²) in [7, 11) is 0. The minimum absolute atomic E-state index is 0.285. The molecule has 1 fully saturated rings. The van der Waals surface area contributed by atoms with Gasteiger partial charge in [0, 0.05) is 13.1 Å². The standard InChI is InChI=1S/C16H21FN2O4/c17-12-7-5-11(6-8-12)14(20)13(18-16(22)23)15(21)19-9-3-1-2-4-10-19/h5-8,13-14,18,20H,1-4,9-10H2,(H,22,23). The predicted molar refractivity (Wildman–Crippen MR) is 81.4 cm³/mol. The minimum atomic E-state index is -1.39. The van der Waals surface area contributed by atoms with Gasteiger partial charge in [0.15, 0.2) is 0 Å². The Morgan fingerprint density at radius 1 is 1.09 bits per heavy atom. The maximum atomic E-state index is 13.0. The van der Waals surface area contributed by atoms with Crippen molar-refractivity contribution in [1.82, 2.24) is 10.2 Å². The van der Waals surface area contributed by atoms with E-state index in [1.165, 1.54) is 12.1 Å². The first-order chi connectivity index (χ1) is 11.0. The van der Waals surface area contributed by atoms with Crippen molar-refractivity contribution in [3.05, 3.63) is 35.6 Å². The van der Waals surface area contributed by atoms with Crippen LogP contribution in [0.3, 0.4) is 0 Å². The number of hydrogen-bond donors (Lipinski definition) is 3. The lowest BCUT2D eigenvalue weighted by molar-refractivity contribution is -0.136. The molecule has 126 valence electrons. The number of nitrogens with zero attached hydrogens (tertiary/aromatic N) is 1. The number of nitrogens with one attached hydrogen (secondary N) is 1. The summed E-state index contributed by atoms with van der Waals surface area (Å²) in [6.45, 7) is 1.10. The van der Waals surface area contributed by atoms with Crippen molar-refractivity contribution >= 4 is 12.0 Å². The fourth-order valence-electron chi connectivity index (χ4n) is 2.75. The smallest absolute Gasteiger partial charge is 0.405 e. The van der Waals surface area contributed by atoms with Gasteiger partial charge in [-0.3, -0.25) is 4.79 Å². The summed E-state index contributed by atoms with van der Waals surface area (Å²) in [5.74, 6) is -0.923. The number of carbonyl (C=O) groups excluding carboxylic acids is 1. The lowest BCUT2D eigenvalue weighted by Gasteiger charge is -2.29. The molecule has 3 N–H and O–H groups in total. The molecule has 1 aromatic rings. The average molecular weight is 324 g/mol. The van der Waals surface area contributed by atoms with E-state index in [-0.39, 0.29) is 5.56 Å². The number of benzene rings is 1. The summed E-state index contributed by atoms with van der Waals surface area (Å²) in [5.41, 5.74) is 0.285. The molecule has 1 aliphatic rings. The van der Waals surface area contributed by atoms with Gasteiger partial charge in [0.05, 0.1) is 0 Å². The second-order valence-electron chi connectivity index (χ2n) is 5.66. The Morgan fingerprint density at radius 3 is 2.17 bits per heavy atom. The molecule has 0 aliphatic carbocycles. The zero-order valence-electron chi connectivity index (χ0n) is 12.7. The van der Waals surface area contributed by atoms with Crippen LogP contribution in [-0.2, 0) is 4.79 Å². The van der Waals surface area contributed by atoms with E-state index >= 15 is 0 Å². The Morgan fingerprint density at radius 2 is 1.65 bits per heavy atom. The summed E-state index contributed by atoms with van der Waals surface area (Å²) < 4.78 is 13.0. The molecule has 7 heteroatoms. The normalized spacial score (nSPS) is 17.9. The molecule has 0 bridgehead atoms. The van der Waals surface area contributed by atoms with Crippen molar-refractivity contribution in [3.8, 4) is 0 Å². The molecule has 1 saturated heterocycles. The molecule has 0 aromatic heterocycles. The van der Waals surface area contributed by atoms with E-state index in [2.05, 4.69) is 5.32 Å². The van der Waals surface area contributed by atoms with Crippen molar-refractivity contribution < 1.29 is 24.2 Å². The number of carbonyl (C=O) groups is 2. The van der Waals surface area contributed by atoms with Gasteiger partial charge in [-0.05, 0) is 30.5 Å². The van der Waals surface area contributed by atoms with Gasteiger partial charge in [0.25, 0.3) is 0 Å². The van der Waals surface area contributed by atoms with Crippen LogP contribution in [0.25, 0.3) is 0 Å². The Bertz CT molecular complexity index is 542. The first-order valence-corrected chi connectivity index (χ1v) is 7.71. The number of aliphatic hydroxyl groups is 1. The van der Waals surface area contributed by atoms with E-state index in [1.54, 1.807) is 4.90 Å². The molecule has 2 amide bonds. The van der Waals surface area contributed by atoms with E-state index in [4.69, 9.17) is 5.11 Å². The predicted octanol–water partition coefficient (Wildman–Crippen LogP) is 1.90. The summed E-state index contributed by atoms with van der Waals surface area (Å²) >= 11 is 0. The highest BCUT2D eigenvalue weighted by Crippen LogP contribution is 2.20. The van der Waals surface area contributed by atoms with Crippen molar-refractivity contribution in [3.63, 3.8) is 0 Å². The first-order valence-electron chi connectivity index (χ1n) is 7.71. The van der Waals surface area contributed by atoms with Crippen LogP contribution in [0.4, 0.5) is 9.18 Å². The molecule has 1 aromatic carbocycles. The second-order valence-corrected chi connectivity index (χ2v) is 5.66. The summed E-state index contributed by atoms with van der Waals surface area (Å²) in [6, 6.07) is 3.69. The van der Waals surface area contributed by atoms with Crippen LogP contribution < -0.4 is 5.32 Å². The van der Waals surface area contributed by atoms with Gasteiger partial charge in [-0.25, -0.2) is 9.18 Å². The van der Waals surface area contributed by atoms with Gasteiger partial charge in [-0.15, -0.1) is 0 Å². The third-order valence-electron chi connectivity index (χ3n) is 3.99. The van der Waals surface area contributed by atoms with E-state index in [9.17, 15) is 19.1 Å². The molecule has 1 heterocycles. The number of likely N-dealkylation sites (tertiary alicyclic amines) is 1. The zero-order chi connectivity index (χ0) is 16.8. The van der Waals surface area contributed by atoms with Gasteiger partial charge in [0.1, 0.15) is 18.0 Å². The van der Waals surface area contributed by atoms with Crippen molar-refractivity contribution in [2.24, 2.45) is 0 Å². The Hall–Kier alpha value is -2.15. The molecule has 1 aliphatic heterocycles. The quantitative estimate of drug-likeness (QED) is 0.789. The molecule has 0 radical (unpaired) electrons. The first kappa shape index (κ1) is 17.2. The monoisotopic (exact) mass is 324 g/mol. The highest BCUT2D eigenvalue weighted by Gasteiger charge is 2.33. The Balaban J connectivity index is 2.19. The molecule has 2 atom stereocenters. The van der Waals surface area contributed by atoms with Gasteiger partial charge >= 0.3 is 6.09 Å². The molecule has 6 nitrogen and oxygen atoms in total.